The minimum absolute atomic E-state index is 0.145. The average Bonchev–Trinajstić information content (AvgIpc) is 2.35. The molecule has 0 aromatic heterocycles. The van der Waals surface area contributed by atoms with Crippen molar-refractivity contribution in [2.45, 2.75) is 6.36 Å². The Morgan fingerprint density at radius 3 is 2.26 bits per heavy atom. The van der Waals surface area contributed by atoms with Gasteiger partial charge in [-0.25, -0.2) is 4.79 Å². The van der Waals surface area contributed by atoms with Crippen LogP contribution < -0.4 is 15.4 Å². The third-order valence-electron chi connectivity index (χ3n) is 2.45. The zero-order chi connectivity index (χ0) is 17.0. The molecule has 0 bridgehead atoms. The Labute approximate surface area is 146 Å². The maximum Gasteiger partial charge on any atom is 0.573 e. The SMILES string of the molecule is O=C(Nc1cccc(Br)c1)Nc1cc(Br)cc(OC(F)(F)F)c1. The molecule has 2 aromatic carbocycles. The first kappa shape index (κ1) is 17.6. The summed E-state index contributed by atoms with van der Waals surface area (Å²) in [6, 6.07) is 9.93. The van der Waals surface area contributed by atoms with Gasteiger partial charge in [0.15, 0.2) is 0 Å². The predicted molar refractivity (Wildman–Crippen MR) is 87.6 cm³/mol. The van der Waals surface area contributed by atoms with Gasteiger partial charge in [0.1, 0.15) is 5.75 Å². The number of urea groups is 1. The van der Waals surface area contributed by atoms with Crippen LogP contribution in [0, 0.1) is 0 Å². The lowest BCUT2D eigenvalue weighted by molar-refractivity contribution is -0.274. The number of hydrogen-bond donors (Lipinski definition) is 2. The van der Waals surface area contributed by atoms with Gasteiger partial charge in [0.2, 0.25) is 0 Å². The second-order valence-electron chi connectivity index (χ2n) is 4.31. The van der Waals surface area contributed by atoms with Crippen molar-refractivity contribution >= 4 is 49.3 Å². The molecule has 9 heteroatoms. The van der Waals surface area contributed by atoms with Crippen molar-refractivity contribution < 1.29 is 22.7 Å². The molecule has 4 nitrogen and oxygen atoms in total. The van der Waals surface area contributed by atoms with Crippen LogP contribution in [0.15, 0.2) is 51.4 Å². The monoisotopic (exact) mass is 452 g/mol. The molecule has 2 rings (SSSR count). The number of carbonyl (C=O) groups excluding carboxylic acids is 1. The van der Waals surface area contributed by atoms with Gasteiger partial charge in [0.05, 0.1) is 0 Å². The fourth-order valence-corrected chi connectivity index (χ4v) is 2.56. The summed E-state index contributed by atoms with van der Waals surface area (Å²) in [6.45, 7) is 0. The molecule has 0 saturated carbocycles. The first-order chi connectivity index (χ1) is 10.7. The summed E-state index contributed by atoms with van der Waals surface area (Å²) in [7, 11) is 0. The number of rotatable bonds is 3. The molecular formula is C14H9Br2F3N2O2. The number of nitrogens with one attached hydrogen (secondary N) is 2. The Balaban J connectivity index is 2.08. The van der Waals surface area contributed by atoms with Crippen molar-refractivity contribution in [2.24, 2.45) is 0 Å². The Hall–Kier alpha value is -1.74. The molecule has 0 spiro atoms. The van der Waals surface area contributed by atoms with Crippen LogP contribution >= 0.6 is 31.9 Å². The molecule has 0 saturated heterocycles. The fraction of sp³-hybridized carbons (Fsp3) is 0.0714. The first-order valence-corrected chi connectivity index (χ1v) is 7.70. The maximum atomic E-state index is 12.3. The number of halogens is 5. The van der Waals surface area contributed by atoms with Crippen LogP contribution in [0.1, 0.15) is 0 Å². The molecule has 0 unspecified atom stereocenters. The summed E-state index contributed by atoms with van der Waals surface area (Å²) in [6.07, 6.45) is -4.81. The van der Waals surface area contributed by atoms with Gasteiger partial charge in [-0.2, -0.15) is 0 Å². The molecule has 0 aliphatic heterocycles. The van der Waals surface area contributed by atoms with Gasteiger partial charge in [0.25, 0.3) is 0 Å². The molecule has 2 aromatic rings. The Morgan fingerprint density at radius 1 is 0.957 bits per heavy atom. The number of benzene rings is 2. The van der Waals surface area contributed by atoms with E-state index in [4.69, 9.17) is 0 Å². The van der Waals surface area contributed by atoms with E-state index in [1.165, 1.54) is 6.07 Å². The minimum atomic E-state index is -4.81. The Kier molecular flexibility index (Phi) is 5.53. The van der Waals surface area contributed by atoms with Crippen LogP contribution in [0.25, 0.3) is 0 Å². The lowest BCUT2D eigenvalue weighted by atomic mass is 10.3. The molecule has 0 heterocycles. The standard InChI is InChI=1S/C14H9Br2F3N2O2/c15-8-2-1-3-10(4-8)20-13(22)21-11-5-9(16)6-12(7-11)23-14(17,18)19/h1-7H,(H2,20,21,22). The van der Waals surface area contributed by atoms with Crippen LogP contribution in [0.2, 0.25) is 0 Å². The number of hydrogen-bond acceptors (Lipinski definition) is 2. The average molecular weight is 454 g/mol. The highest BCUT2D eigenvalue weighted by atomic mass is 79.9. The molecule has 0 radical (unpaired) electrons. The van der Waals surface area contributed by atoms with Crippen LogP contribution in [0.3, 0.4) is 0 Å². The molecule has 23 heavy (non-hydrogen) atoms. The zero-order valence-corrected chi connectivity index (χ0v) is 14.4. The highest BCUT2D eigenvalue weighted by Gasteiger charge is 2.31. The largest absolute Gasteiger partial charge is 0.573 e. The van der Waals surface area contributed by atoms with Crippen molar-refractivity contribution in [2.75, 3.05) is 10.6 Å². The van der Waals surface area contributed by atoms with Crippen LogP contribution in [0.5, 0.6) is 5.75 Å². The van der Waals surface area contributed by atoms with Gasteiger partial charge in [-0.05, 0) is 30.3 Å². The van der Waals surface area contributed by atoms with Crippen LogP contribution in [0.4, 0.5) is 29.3 Å². The van der Waals surface area contributed by atoms with Gasteiger partial charge in [-0.1, -0.05) is 37.9 Å². The first-order valence-electron chi connectivity index (χ1n) is 6.11. The van der Waals surface area contributed by atoms with E-state index in [-0.39, 0.29) is 5.69 Å². The molecule has 2 amide bonds. The molecule has 2 N–H and O–H groups in total. The van der Waals surface area contributed by atoms with E-state index >= 15 is 0 Å². The quantitative estimate of drug-likeness (QED) is 0.621. The molecule has 0 atom stereocenters. The van der Waals surface area contributed by atoms with E-state index in [1.54, 1.807) is 24.3 Å². The van der Waals surface area contributed by atoms with Crippen molar-refractivity contribution in [3.8, 4) is 5.75 Å². The number of anilines is 2. The molecule has 0 aliphatic carbocycles. The lowest BCUT2D eigenvalue weighted by Crippen LogP contribution is -2.20. The molecule has 0 aliphatic rings. The van der Waals surface area contributed by atoms with Gasteiger partial charge >= 0.3 is 12.4 Å². The third kappa shape index (κ3) is 6.11. The molecule has 122 valence electrons. The zero-order valence-electron chi connectivity index (χ0n) is 11.2. The summed E-state index contributed by atoms with van der Waals surface area (Å²) in [5, 5.41) is 4.99. The number of ether oxygens (including phenoxy) is 1. The van der Waals surface area contributed by atoms with Gasteiger partial charge in [0, 0.05) is 26.4 Å². The topological polar surface area (TPSA) is 50.4 Å². The van der Waals surface area contributed by atoms with E-state index in [0.717, 1.165) is 16.6 Å². The van der Waals surface area contributed by atoms with E-state index < -0.39 is 18.1 Å². The number of alkyl halides is 3. The smallest absolute Gasteiger partial charge is 0.406 e. The Bertz CT molecular complexity index is 723. The highest BCUT2D eigenvalue weighted by Crippen LogP contribution is 2.29. The van der Waals surface area contributed by atoms with Crippen molar-refractivity contribution in [3.05, 3.63) is 51.4 Å². The number of carbonyl (C=O) groups is 1. The number of amides is 2. The van der Waals surface area contributed by atoms with E-state index in [9.17, 15) is 18.0 Å². The summed E-state index contributed by atoms with van der Waals surface area (Å²) < 4.78 is 41.7. The third-order valence-corrected chi connectivity index (χ3v) is 3.40. The summed E-state index contributed by atoms with van der Waals surface area (Å²) in [5.41, 5.74) is 0.671. The second-order valence-corrected chi connectivity index (χ2v) is 6.14. The summed E-state index contributed by atoms with van der Waals surface area (Å²) in [5.74, 6) is -0.440. The minimum Gasteiger partial charge on any atom is -0.406 e. The van der Waals surface area contributed by atoms with Crippen molar-refractivity contribution in [1.29, 1.82) is 0 Å². The van der Waals surface area contributed by atoms with Crippen LogP contribution in [-0.2, 0) is 0 Å². The van der Waals surface area contributed by atoms with Crippen molar-refractivity contribution in [1.82, 2.24) is 0 Å². The van der Waals surface area contributed by atoms with E-state index in [2.05, 4.69) is 47.2 Å². The predicted octanol–water partition coefficient (Wildman–Crippen LogP) is 5.75. The van der Waals surface area contributed by atoms with Gasteiger partial charge in [-0.15, -0.1) is 13.2 Å². The summed E-state index contributed by atoms with van der Waals surface area (Å²) in [4.78, 5) is 11.9. The maximum absolute atomic E-state index is 12.3. The lowest BCUT2D eigenvalue weighted by Gasteiger charge is -2.12. The van der Waals surface area contributed by atoms with Gasteiger partial charge < -0.3 is 15.4 Å². The van der Waals surface area contributed by atoms with E-state index in [0.29, 0.717) is 10.2 Å². The van der Waals surface area contributed by atoms with Crippen LogP contribution in [-0.4, -0.2) is 12.4 Å². The Morgan fingerprint density at radius 2 is 1.61 bits per heavy atom. The molecule has 0 fully saturated rings. The van der Waals surface area contributed by atoms with E-state index in [1.807, 2.05) is 0 Å². The molecular weight excluding hydrogens is 445 g/mol. The van der Waals surface area contributed by atoms with Crippen molar-refractivity contribution in [3.63, 3.8) is 0 Å². The normalized spacial score (nSPS) is 11.0. The highest BCUT2D eigenvalue weighted by molar-refractivity contribution is 9.10. The fourth-order valence-electron chi connectivity index (χ4n) is 1.69. The second kappa shape index (κ2) is 7.22. The van der Waals surface area contributed by atoms with Gasteiger partial charge in [-0.3, -0.25) is 0 Å². The summed E-state index contributed by atoms with van der Waals surface area (Å²) >= 11 is 6.33.